The first kappa shape index (κ1) is 22.6. The summed E-state index contributed by atoms with van der Waals surface area (Å²) in [7, 11) is -0.663. The lowest BCUT2D eigenvalue weighted by Crippen LogP contribution is -2.27. The predicted octanol–water partition coefficient (Wildman–Crippen LogP) is 3.35. The molecule has 0 aliphatic heterocycles. The predicted molar refractivity (Wildman–Crippen MR) is 124 cm³/mol. The highest BCUT2D eigenvalue weighted by atomic mass is 32.2. The van der Waals surface area contributed by atoms with Crippen LogP contribution in [0, 0.1) is 0 Å². The molecule has 1 aliphatic carbocycles. The number of rotatable bonds is 7. The summed E-state index contributed by atoms with van der Waals surface area (Å²) in [4.78, 5) is 13.3. The molecule has 1 saturated carbocycles. The molecule has 172 valence electrons. The highest BCUT2D eigenvalue weighted by Gasteiger charge is 2.51. The van der Waals surface area contributed by atoms with Crippen LogP contribution in [0.15, 0.2) is 65.6 Å². The highest BCUT2D eigenvalue weighted by Crippen LogP contribution is 2.50. The van der Waals surface area contributed by atoms with E-state index in [1.165, 1.54) is 38.4 Å². The van der Waals surface area contributed by atoms with Crippen molar-refractivity contribution in [3.8, 4) is 28.4 Å². The minimum absolute atomic E-state index is 0.144. The van der Waals surface area contributed by atoms with Gasteiger partial charge in [0.05, 0.1) is 17.4 Å². The molecule has 0 radical (unpaired) electrons. The van der Waals surface area contributed by atoms with E-state index in [9.17, 15) is 23.4 Å². The molecule has 33 heavy (non-hydrogen) atoms. The van der Waals surface area contributed by atoms with Crippen LogP contribution in [0.25, 0.3) is 11.1 Å². The number of phenols is 2. The zero-order chi connectivity index (χ0) is 23.8. The third-order valence-electron chi connectivity index (χ3n) is 5.91. The molecule has 0 bridgehead atoms. The number of sulfonamides is 1. The maximum atomic E-state index is 13.1. The van der Waals surface area contributed by atoms with Crippen LogP contribution in [-0.4, -0.2) is 38.7 Å². The van der Waals surface area contributed by atoms with Crippen LogP contribution in [0.1, 0.15) is 18.4 Å². The SMILES string of the molecule is CNS(=O)(=O)c1ccc(-c2cc(NC(=O)C3(c4ccc(O)c(O)c4)CC3)ccc2OC)cc1. The van der Waals surface area contributed by atoms with Gasteiger partial charge in [0.1, 0.15) is 5.75 Å². The van der Waals surface area contributed by atoms with Gasteiger partial charge >= 0.3 is 0 Å². The summed E-state index contributed by atoms with van der Waals surface area (Å²) in [6.45, 7) is 0. The number of anilines is 1. The number of benzene rings is 3. The first-order valence-corrected chi connectivity index (χ1v) is 11.7. The molecule has 3 aromatic rings. The molecule has 1 aliphatic rings. The minimum atomic E-state index is -3.55. The number of hydrogen-bond donors (Lipinski definition) is 4. The Hall–Kier alpha value is -3.56. The lowest BCUT2D eigenvalue weighted by atomic mass is 9.94. The maximum Gasteiger partial charge on any atom is 0.240 e. The largest absolute Gasteiger partial charge is 0.504 e. The number of ether oxygens (including phenoxy) is 1. The molecule has 9 heteroatoms. The number of carbonyl (C=O) groups is 1. The quantitative estimate of drug-likeness (QED) is 0.394. The number of amides is 1. The van der Waals surface area contributed by atoms with Gasteiger partial charge in [0, 0.05) is 11.3 Å². The molecular formula is C24H24N2O6S. The van der Waals surface area contributed by atoms with E-state index in [0.29, 0.717) is 35.4 Å². The lowest BCUT2D eigenvalue weighted by molar-refractivity contribution is -0.118. The number of methoxy groups -OCH3 is 1. The van der Waals surface area contributed by atoms with Gasteiger partial charge in [-0.3, -0.25) is 4.79 Å². The molecule has 4 rings (SSSR count). The van der Waals surface area contributed by atoms with Crippen molar-refractivity contribution in [3.05, 3.63) is 66.2 Å². The number of hydrogen-bond acceptors (Lipinski definition) is 6. The normalized spacial score (nSPS) is 14.5. The van der Waals surface area contributed by atoms with Crippen LogP contribution >= 0.6 is 0 Å². The average molecular weight is 469 g/mol. The van der Waals surface area contributed by atoms with Gasteiger partial charge in [0.15, 0.2) is 11.5 Å². The van der Waals surface area contributed by atoms with Gasteiger partial charge in [0.25, 0.3) is 0 Å². The Morgan fingerprint density at radius 1 is 0.970 bits per heavy atom. The van der Waals surface area contributed by atoms with Gasteiger partial charge in [-0.05, 0) is 73.5 Å². The topological polar surface area (TPSA) is 125 Å². The Kier molecular flexibility index (Phi) is 5.77. The van der Waals surface area contributed by atoms with Gasteiger partial charge in [0.2, 0.25) is 15.9 Å². The average Bonchev–Trinajstić information content (AvgIpc) is 3.63. The summed E-state index contributed by atoms with van der Waals surface area (Å²) < 4.78 is 31.7. The summed E-state index contributed by atoms with van der Waals surface area (Å²) in [6, 6.07) is 16.0. The van der Waals surface area contributed by atoms with Crippen LogP contribution < -0.4 is 14.8 Å². The molecule has 1 amide bonds. The third kappa shape index (κ3) is 4.24. The third-order valence-corrected chi connectivity index (χ3v) is 7.34. The van der Waals surface area contributed by atoms with E-state index in [0.717, 1.165) is 5.56 Å². The van der Waals surface area contributed by atoms with Gasteiger partial charge in [-0.25, -0.2) is 13.1 Å². The fourth-order valence-electron chi connectivity index (χ4n) is 3.79. The summed E-state index contributed by atoms with van der Waals surface area (Å²) in [5, 5.41) is 22.3. The van der Waals surface area contributed by atoms with Crippen molar-refractivity contribution in [2.24, 2.45) is 0 Å². The molecule has 0 saturated heterocycles. The first-order valence-electron chi connectivity index (χ1n) is 10.3. The molecular weight excluding hydrogens is 444 g/mol. The fourth-order valence-corrected chi connectivity index (χ4v) is 4.52. The Morgan fingerprint density at radius 3 is 2.24 bits per heavy atom. The molecule has 0 aromatic heterocycles. The van der Waals surface area contributed by atoms with Gasteiger partial charge in [-0.1, -0.05) is 18.2 Å². The van der Waals surface area contributed by atoms with E-state index in [4.69, 9.17) is 4.74 Å². The van der Waals surface area contributed by atoms with Crippen LogP contribution in [-0.2, 0) is 20.2 Å². The van der Waals surface area contributed by atoms with Crippen LogP contribution in [0.5, 0.6) is 17.2 Å². The Bertz CT molecular complexity index is 1320. The standard InChI is InChI=1S/C24H24N2O6S/c1-25-33(30,31)18-7-3-15(4-8-18)19-14-17(6-10-22(19)32-2)26-23(29)24(11-12-24)16-5-9-20(27)21(28)13-16/h3-10,13-14,25,27-28H,11-12H2,1-2H3,(H,26,29). The summed E-state index contributed by atoms with van der Waals surface area (Å²) in [5.41, 5.74) is 1.86. The van der Waals surface area contributed by atoms with Crippen LogP contribution in [0.3, 0.4) is 0 Å². The van der Waals surface area contributed by atoms with E-state index in [2.05, 4.69) is 10.0 Å². The van der Waals surface area contributed by atoms with Crippen molar-refractivity contribution in [1.82, 2.24) is 4.72 Å². The summed E-state index contributed by atoms with van der Waals surface area (Å²) in [6.07, 6.45) is 1.26. The number of phenolic OH excluding ortho intramolecular Hbond substituents is 2. The first-order chi connectivity index (χ1) is 15.7. The molecule has 8 nitrogen and oxygen atoms in total. The smallest absolute Gasteiger partial charge is 0.240 e. The monoisotopic (exact) mass is 468 g/mol. The maximum absolute atomic E-state index is 13.1. The molecule has 1 fully saturated rings. The van der Waals surface area contributed by atoms with Gasteiger partial charge in [-0.2, -0.15) is 0 Å². The van der Waals surface area contributed by atoms with Gasteiger partial charge < -0.3 is 20.3 Å². The van der Waals surface area contributed by atoms with Crippen molar-refractivity contribution in [2.75, 3.05) is 19.5 Å². The van der Waals surface area contributed by atoms with E-state index in [1.54, 1.807) is 36.4 Å². The van der Waals surface area contributed by atoms with E-state index >= 15 is 0 Å². The van der Waals surface area contributed by atoms with Crippen LogP contribution in [0.4, 0.5) is 5.69 Å². The van der Waals surface area contributed by atoms with E-state index < -0.39 is 15.4 Å². The van der Waals surface area contributed by atoms with E-state index in [1.807, 2.05) is 0 Å². The fraction of sp³-hybridized carbons (Fsp3) is 0.208. The Morgan fingerprint density at radius 2 is 1.67 bits per heavy atom. The molecule has 0 spiro atoms. The zero-order valence-corrected chi connectivity index (χ0v) is 18.9. The second-order valence-electron chi connectivity index (χ2n) is 7.89. The molecule has 0 atom stereocenters. The molecule has 0 unspecified atom stereocenters. The van der Waals surface area contributed by atoms with Crippen molar-refractivity contribution >= 4 is 21.6 Å². The van der Waals surface area contributed by atoms with Gasteiger partial charge in [-0.15, -0.1) is 0 Å². The van der Waals surface area contributed by atoms with Crippen molar-refractivity contribution in [3.63, 3.8) is 0 Å². The number of aromatic hydroxyl groups is 2. The van der Waals surface area contributed by atoms with Crippen molar-refractivity contribution in [2.45, 2.75) is 23.2 Å². The van der Waals surface area contributed by atoms with Crippen molar-refractivity contribution in [1.29, 1.82) is 0 Å². The minimum Gasteiger partial charge on any atom is -0.504 e. The second kappa shape index (κ2) is 8.42. The number of nitrogens with one attached hydrogen (secondary N) is 2. The van der Waals surface area contributed by atoms with E-state index in [-0.39, 0.29) is 22.3 Å². The Balaban J connectivity index is 1.62. The second-order valence-corrected chi connectivity index (χ2v) is 9.77. The van der Waals surface area contributed by atoms with Crippen LogP contribution in [0.2, 0.25) is 0 Å². The summed E-state index contributed by atoms with van der Waals surface area (Å²) >= 11 is 0. The highest BCUT2D eigenvalue weighted by molar-refractivity contribution is 7.89. The number of carbonyl (C=O) groups excluding carboxylic acids is 1. The lowest BCUT2D eigenvalue weighted by Gasteiger charge is -2.18. The molecule has 3 aromatic carbocycles. The zero-order valence-electron chi connectivity index (χ0n) is 18.1. The molecule has 4 N–H and O–H groups in total. The Labute approximate surface area is 191 Å². The van der Waals surface area contributed by atoms with Crippen molar-refractivity contribution < 1.29 is 28.2 Å². The molecule has 0 heterocycles. The summed E-state index contributed by atoms with van der Waals surface area (Å²) in [5.74, 6) is -0.133.